The molecule has 2 atom stereocenters. The van der Waals surface area contributed by atoms with Gasteiger partial charge in [-0.3, -0.25) is 9.69 Å². The fraction of sp³-hybridized carbons (Fsp3) is 0.923. The number of carbonyl (C=O) groups is 1. The summed E-state index contributed by atoms with van der Waals surface area (Å²) in [6, 6.07) is 0.464. The Morgan fingerprint density at radius 2 is 2.06 bits per heavy atom. The predicted octanol–water partition coefficient (Wildman–Crippen LogP) is 1.10. The van der Waals surface area contributed by atoms with Crippen LogP contribution in [0.4, 0.5) is 0 Å². The summed E-state index contributed by atoms with van der Waals surface area (Å²) >= 11 is 0. The van der Waals surface area contributed by atoms with E-state index in [0.717, 1.165) is 19.4 Å². The first kappa shape index (κ1) is 14.5. The van der Waals surface area contributed by atoms with Gasteiger partial charge in [0.15, 0.2) is 0 Å². The smallest absolute Gasteiger partial charge is 0.221 e. The van der Waals surface area contributed by atoms with Crippen LogP contribution in [0.15, 0.2) is 0 Å². The molecule has 1 amide bonds. The number of amides is 1. The molecule has 0 bridgehead atoms. The zero-order chi connectivity index (χ0) is 12.7. The third kappa shape index (κ3) is 5.50. The van der Waals surface area contributed by atoms with Crippen LogP contribution < -0.4 is 11.1 Å². The van der Waals surface area contributed by atoms with E-state index in [1.807, 2.05) is 0 Å². The van der Waals surface area contributed by atoms with Crippen molar-refractivity contribution < 1.29 is 4.79 Å². The molecule has 1 fully saturated rings. The molecule has 0 aromatic carbocycles. The van der Waals surface area contributed by atoms with Gasteiger partial charge in [-0.25, -0.2) is 0 Å². The molecule has 1 heterocycles. The number of nitrogens with one attached hydrogen (secondary N) is 1. The van der Waals surface area contributed by atoms with Gasteiger partial charge in [-0.15, -0.1) is 0 Å². The second kappa shape index (κ2) is 7.67. The van der Waals surface area contributed by atoms with E-state index in [1.54, 1.807) is 0 Å². The van der Waals surface area contributed by atoms with Gasteiger partial charge in [-0.2, -0.15) is 0 Å². The van der Waals surface area contributed by atoms with Gasteiger partial charge in [0.25, 0.3) is 0 Å². The molecule has 1 aliphatic heterocycles. The molecular weight excluding hydrogens is 214 g/mol. The standard InChI is InChI=1S/C13H27N3O/c1-3-6-12(14)9-13(17)15-10-11(2)16-7-4-5-8-16/h11-12H,3-10,14H2,1-2H3,(H,15,17). The van der Waals surface area contributed by atoms with Crippen molar-refractivity contribution in [1.82, 2.24) is 10.2 Å². The summed E-state index contributed by atoms with van der Waals surface area (Å²) in [5, 5.41) is 2.99. The lowest BCUT2D eigenvalue weighted by molar-refractivity contribution is -0.121. The van der Waals surface area contributed by atoms with Gasteiger partial charge < -0.3 is 11.1 Å². The van der Waals surface area contributed by atoms with Crippen molar-refractivity contribution in [2.24, 2.45) is 5.73 Å². The Morgan fingerprint density at radius 3 is 2.65 bits per heavy atom. The van der Waals surface area contributed by atoms with Crippen molar-refractivity contribution in [2.45, 2.75) is 58.0 Å². The lowest BCUT2D eigenvalue weighted by Crippen LogP contribution is -2.42. The van der Waals surface area contributed by atoms with Crippen LogP contribution in [0.3, 0.4) is 0 Å². The Kier molecular flexibility index (Phi) is 6.52. The van der Waals surface area contributed by atoms with E-state index in [4.69, 9.17) is 5.73 Å². The van der Waals surface area contributed by atoms with Crippen LogP contribution in [0.25, 0.3) is 0 Å². The van der Waals surface area contributed by atoms with Gasteiger partial charge in [-0.05, 0) is 39.3 Å². The molecule has 0 aliphatic carbocycles. The predicted molar refractivity (Wildman–Crippen MR) is 70.8 cm³/mol. The van der Waals surface area contributed by atoms with Crippen LogP contribution in [0.5, 0.6) is 0 Å². The van der Waals surface area contributed by atoms with Gasteiger partial charge in [0, 0.05) is 25.0 Å². The summed E-state index contributed by atoms with van der Waals surface area (Å²) in [5.74, 6) is 0.0944. The normalized spacial score (nSPS) is 20.2. The molecule has 0 spiro atoms. The molecule has 0 aromatic heterocycles. The van der Waals surface area contributed by atoms with Crippen molar-refractivity contribution in [2.75, 3.05) is 19.6 Å². The molecule has 3 N–H and O–H groups in total. The van der Waals surface area contributed by atoms with Crippen LogP contribution in [0, 0.1) is 0 Å². The average Bonchev–Trinajstić information content (AvgIpc) is 2.79. The first-order valence-corrected chi connectivity index (χ1v) is 6.89. The minimum absolute atomic E-state index is 0.0158. The maximum atomic E-state index is 11.6. The lowest BCUT2D eigenvalue weighted by atomic mass is 10.1. The Labute approximate surface area is 105 Å². The Balaban J connectivity index is 2.14. The van der Waals surface area contributed by atoms with E-state index in [1.165, 1.54) is 25.9 Å². The monoisotopic (exact) mass is 241 g/mol. The summed E-state index contributed by atoms with van der Waals surface area (Å²) in [6.45, 7) is 7.36. The summed E-state index contributed by atoms with van der Waals surface area (Å²) < 4.78 is 0. The Morgan fingerprint density at radius 1 is 1.41 bits per heavy atom. The summed E-state index contributed by atoms with van der Waals surface area (Å²) in [5.41, 5.74) is 5.84. The SMILES string of the molecule is CCCC(N)CC(=O)NCC(C)N1CCCC1. The van der Waals surface area contributed by atoms with Crippen LogP contribution in [-0.2, 0) is 4.79 Å². The molecule has 1 aliphatic rings. The topological polar surface area (TPSA) is 58.4 Å². The number of hydrogen-bond acceptors (Lipinski definition) is 3. The highest BCUT2D eigenvalue weighted by Gasteiger charge is 2.18. The summed E-state index contributed by atoms with van der Waals surface area (Å²) in [4.78, 5) is 14.1. The van der Waals surface area contributed by atoms with E-state index in [-0.39, 0.29) is 11.9 Å². The van der Waals surface area contributed by atoms with E-state index in [0.29, 0.717) is 12.5 Å². The van der Waals surface area contributed by atoms with Crippen LogP contribution in [0.2, 0.25) is 0 Å². The average molecular weight is 241 g/mol. The van der Waals surface area contributed by atoms with Gasteiger partial charge in [-0.1, -0.05) is 13.3 Å². The number of nitrogens with zero attached hydrogens (tertiary/aromatic N) is 1. The molecule has 1 saturated heterocycles. The number of rotatable bonds is 7. The maximum Gasteiger partial charge on any atom is 0.221 e. The van der Waals surface area contributed by atoms with Crippen molar-refractivity contribution in [3.63, 3.8) is 0 Å². The first-order chi connectivity index (χ1) is 8.13. The highest BCUT2D eigenvalue weighted by atomic mass is 16.1. The largest absolute Gasteiger partial charge is 0.354 e. The number of hydrogen-bond donors (Lipinski definition) is 2. The maximum absolute atomic E-state index is 11.6. The molecule has 2 unspecified atom stereocenters. The number of carbonyl (C=O) groups excluding carboxylic acids is 1. The van der Waals surface area contributed by atoms with Crippen molar-refractivity contribution in [1.29, 1.82) is 0 Å². The second-order valence-corrected chi connectivity index (χ2v) is 5.15. The molecule has 4 heteroatoms. The molecule has 0 aromatic rings. The summed E-state index contributed by atoms with van der Waals surface area (Å²) in [6.07, 6.45) is 5.01. The zero-order valence-corrected chi connectivity index (χ0v) is 11.2. The first-order valence-electron chi connectivity index (χ1n) is 6.89. The highest BCUT2D eigenvalue weighted by molar-refractivity contribution is 5.76. The van der Waals surface area contributed by atoms with E-state index in [2.05, 4.69) is 24.1 Å². The van der Waals surface area contributed by atoms with E-state index in [9.17, 15) is 4.79 Å². The fourth-order valence-electron chi connectivity index (χ4n) is 2.36. The van der Waals surface area contributed by atoms with Crippen molar-refractivity contribution in [3.05, 3.63) is 0 Å². The zero-order valence-electron chi connectivity index (χ0n) is 11.2. The molecule has 4 nitrogen and oxygen atoms in total. The fourth-order valence-corrected chi connectivity index (χ4v) is 2.36. The number of likely N-dealkylation sites (tertiary alicyclic amines) is 1. The number of nitrogens with two attached hydrogens (primary N) is 1. The molecule has 100 valence electrons. The van der Waals surface area contributed by atoms with Gasteiger partial charge in [0.1, 0.15) is 0 Å². The molecule has 1 rings (SSSR count). The third-order valence-corrected chi connectivity index (χ3v) is 3.47. The minimum atomic E-state index is 0.0158. The summed E-state index contributed by atoms with van der Waals surface area (Å²) in [7, 11) is 0. The lowest BCUT2D eigenvalue weighted by Gasteiger charge is -2.24. The Hall–Kier alpha value is -0.610. The van der Waals surface area contributed by atoms with E-state index < -0.39 is 0 Å². The van der Waals surface area contributed by atoms with Crippen molar-refractivity contribution >= 4 is 5.91 Å². The van der Waals surface area contributed by atoms with Gasteiger partial charge in [0.2, 0.25) is 5.91 Å². The van der Waals surface area contributed by atoms with Crippen molar-refractivity contribution in [3.8, 4) is 0 Å². The molecular formula is C13H27N3O. The van der Waals surface area contributed by atoms with Gasteiger partial charge in [0.05, 0.1) is 0 Å². The van der Waals surface area contributed by atoms with Crippen LogP contribution in [-0.4, -0.2) is 42.5 Å². The Bertz CT molecular complexity index is 227. The van der Waals surface area contributed by atoms with Gasteiger partial charge >= 0.3 is 0 Å². The molecule has 17 heavy (non-hydrogen) atoms. The molecule has 0 radical (unpaired) electrons. The van der Waals surface area contributed by atoms with Crippen LogP contribution in [0.1, 0.15) is 46.0 Å². The second-order valence-electron chi connectivity index (χ2n) is 5.15. The highest BCUT2D eigenvalue weighted by Crippen LogP contribution is 2.10. The van der Waals surface area contributed by atoms with E-state index >= 15 is 0 Å². The van der Waals surface area contributed by atoms with Crippen LogP contribution >= 0.6 is 0 Å². The quantitative estimate of drug-likeness (QED) is 0.702. The molecule has 0 saturated carbocycles. The minimum Gasteiger partial charge on any atom is -0.354 e. The third-order valence-electron chi connectivity index (χ3n) is 3.47.